The van der Waals surface area contributed by atoms with Crippen molar-refractivity contribution in [1.29, 1.82) is 0 Å². The highest BCUT2D eigenvalue weighted by Gasteiger charge is 2.35. The van der Waals surface area contributed by atoms with Crippen molar-refractivity contribution < 1.29 is 14.0 Å². The molecule has 3 N–H and O–H groups in total. The van der Waals surface area contributed by atoms with E-state index < -0.39 is 5.91 Å². The molecule has 0 unspecified atom stereocenters. The van der Waals surface area contributed by atoms with Gasteiger partial charge in [0.2, 0.25) is 0 Å². The van der Waals surface area contributed by atoms with Gasteiger partial charge in [0.1, 0.15) is 5.76 Å². The van der Waals surface area contributed by atoms with Crippen molar-refractivity contribution in [2.45, 2.75) is 40.2 Å². The number of amides is 1. The van der Waals surface area contributed by atoms with Crippen LogP contribution in [-0.4, -0.2) is 21.5 Å². The zero-order valence-electron chi connectivity index (χ0n) is 16.8. The molecule has 29 heavy (non-hydrogen) atoms. The number of furan rings is 1. The van der Waals surface area contributed by atoms with E-state index in [0.717, 1.165) is 29.3 Å². The van der Waals surface area contributed by atoms with Crippen LogP contribution in [0.4, 0.5) is 5.69 Å². The number of nitrogens with one attached hydrogen (secondary N) is 1. The summed E-state index contributed by atoms with van der Waals surface area (Å²) in [6, 6.07) is 8.97. The highest BCUT2D eigenvalue weighted by atomic mass is 16.3. The Morgan fingerprint density at radius 1 is 1.31 bits per heavy atom. The van der Waals surface area contributed by atoms with Crippen molar-refractivity contribution >= 4 is 17.4 Å². The number of rotatable bonds is 5. The summed E-state index contributed by atoms with van der Waals surface area (Å²) in [6.07, 6.45) is 2.87. The maximum atomic E-state index is 12.7. The summed E-state index contributed by atoms with van der Waals surface area (Å²) in [6.45, 7) is 6.46. The summed E-state index contributed by atoms with van der Waals surface area (Å²) in [5, 5.41) is 7.85. The van der Waals surface area contributed by atoms with Crippen LogP contribution in [0.2, 0.25) is 0 Å². The zero-order valence-corrected chi connectivity index (χ0v) is 16.8. The molecule has 1 amide bonds. The van der Waals surface area contributed by atoms with E-state index in [9.17, 15) is 9.59 Å². The molecule has 7 nitrogen and oxygen atoms in total. The summed E-state index contributed by atoms with van der Waals surface area (Å²) in [5.41, 5.74) is 9.53. The molecule has 0 saturated carbocycles. The second-order valence-electron chi connectivity index (χ2n) is 8.29. The van der Waals surface area contributed by atoms with Gasteiger partial charge in [0.15, 0.2) is 5.78 Å². The number of benzene rings is 1. The quantitative estimate of drug-likeness (QED) is 0.690. The van der Waals surface area contributed by atoms with Crippen LogP contribution in [0.15, 0.2) is 41.0 Å². The second kappa shape index (κ2) is 6.92. The lowest BCUT2D eigenvalue weighted by Crippen LogP contribution is -2.28. The first-order chi connectivity index (χ1) is 13.7. The third kappa shape index (κ3) is 3.55. The molecule has 4 rings (SSSR count). The molecule has 0 spiro atoms. The number of aromatic nitrogens is 2. The molecule has 1 aliphatic carbocycles. The number of carbonyl (C=O) groups excluding carboxylic acids is 2. The van der Waals surface area contributed by atoms with E-state index >= 15 is 0 Å². The topological polar surface area (TPSA) is 103 Å². The molecule has 0 bridgehead atoms. The van der Waals surface area contributed by atoms with E-state index in [1.54, 1.807) is 24.5 Å². The minimum absolute atomic E-state index is 0.123. The Hall–Kier alpha value is -3.35. The van der Waals surface area contributed by atoms with Gasteiger partial charge in [-0.1, -0.05) is 13.8 Å². The molecule has 7 heteroatoms. The van der Waals surface area contributed by atoms with Crippen LogP contribution in [0.25, 0.3) is 5.69 Å². The lowest BCUT2D eigenvalue weighted by Gasteiger charge is -2.29. The number of nitrogens with zero attached hydrogens (tertiary/aromatic N) is 2. The molecule has 3 aromatic rings. The average Bonchev–Trinajstić information content (AvgIpc) is 3.26. The predicted octanol–water partition coefficient (Wildman–Crippen LogP) is 3.64. The molecule has 150 valence electrons. The first-order valence-corrected chi connectivity index (χ1v) is 9.57. The van der Waals surface area contributed by atoms with E-state index in [1.807, 2.05) is 23.7 Å². The van der Waals surface area contributed by atoms with E-state index in [0.29, 0.717) is 29.8 Å². The normalized spacial score (nSPS) is 15.2. The second-order valence-corrected chi connectivity index (χ2v) is 8.29. The Labute approximate surface area is 168 Å². The molecule has 0 radical (unpaired) electrons. The van der Waals surface area contributed by atoms with Gasteiger partial charge in [0.05, 0.1) is 41.0 Å². The summed E-state index contributed by atoms with van der Waals surface area (Å²) in [7, 11) is 0. The highest BCUT2D eigenvalue weighted by molar-refractivity contribution is 6.00. The van der Waals surface area contributed by atoms with Crippen LogP contribution in [0.1, 0.15) is 58.1 Å². The summed E-state index contributed by atoms with van der Waals surface area (Å²) >= 11 is 0. The van der Waals surface area contributed by atoms with Crippen molar-refractivity contribution in [1.82, 2.24) is 9.78 Å². The lowest BCUT2D eigenvalue weighted by molar-refractivity contribution is 0.0909. The molecular formula is C22H24N4O3. The van der Waals surface area contributed by atoms with Gasteiger partial charge in [-0.2, -0.15) is 5.10 Å². The van der Waals surface area contributed by atoms with Crippen LogP contribution >= 0.6 is 0 Å². The first-order valence-electron chi connectivity index (χ1n) is 9.57. The van der Waals surface area contributed by atoms with Crippen LogP contribution in [0.5, 0.6) is 0 Å². The standard InChI is InChI=1S/C22H24N4O3/c1-13-20-18(10-22(2,3)11-19(20)27)26(25-13)14-6-7-16(21(23)28)17(9-14)24-12-15-5-4-8-29-15/h4-9,24H,10-12H2,1-3H3,(H2,23,28). The van der Waals surface area contributed by atoms with Gasteiger partial charge in [-0.25, -0.2) is 4.68 Å². The van der Waals surface area contributed by atoms with Gasteiger partial charge in [-0.15, -0.1) is 0 Å². The van der Waals surface area contributed by atoms with Crippen LogP contribution < -0.4 is 11.1 Å². The number of hydrogen-bond donors (Lipinski definition) is 2. The maximum Gasteiger partial charge on any atom is 0.250 e. The maximum absolute atomic E-state index is 12.7. The van der Waals surface area contributed by atoms with Crippen molar-refractivity contribution in [3.05, 3.63) is 64.9 Å². The van der Waals surface area contributed by atoms with Gasteiger partial charge in [-0.3, -0.25) is 9.59 Å². The third-order valence-corrected chi connectivity index (χ3v) is 5.27. The first kappa shape index (κ1) is 19.0. The van der Waals surface area contributed by atoms with Crippen LogP contribution in [0.3, 0.4) is 0 Å². The molecule has 0 aliphatic heterocycles. The van der Waals surface area contributed by atoms with Gasteiger partial charge >= 0.3 is 0 Å². The van der Waals surface area contributed by atoms with Crippen molar-refractivity contribution in [3.63, 3.8) is 0 Å². The van der Waals surface area contributed by atoms with Crippen molar-refractivity contribution in [2.24, 2.45) is 11.1 Å². The summed E-state index contributed by atoms with van der Waals surface area (Å²) in [4.78, 5) is 24.6. The Balaban J connectivity index is 1.76. The number of ketones is 1. The minimum atomic E-state index is -0.520. The van der Waals surface area contributed by atoms with Gasteiger partial charge < -0.3 is 15.5 Å². The number of aryl methyl sites for hydroxylation is 1. The van der Waals surface area contributed by atoms with Gasteiger partial charge in [-0.05, 0) is 49.1 Å². The fourth-order valence-electron chi connectivity index (χ4n) is 3.97. The molecule has 0 atom stereocenters. The molecule has 2 aromatic heterocycles. The van der Waals surface area contributed by atoms with E-state index in [2.05, 4.69) is 24.3 Å². The summed E-state index contributed by atoms with van der Waals surface area (Å²) in [5.74, 6) is 0.351. The number of carbonyl (C=O) groups is 2. The Morgan fingerprint density at radius 2 is 2.10 bits per heavy atom. The predicted molar refractivity (Wildman–Crippen MR) is 109 cm³/mol. The summed E-state index contributed by atoms with van der Waals surface area (Å²) < 4.78 is 7.16. The number of anilines is 1. The van der Waals surface area contributed by atoms with Crippen molar-refractivity contribution in [2.75, 3.05) is 5.32 Å². The largest absolute Gasteiger partial charge is 0.467 e. The number of hydrogen-bond acceptors (Lipinski definition) is 5. The number of Topliss-reactive ketones (excluding diaryl/α,β-unsaturated/α-hetero) is 1. The monoisotopic (exact) mass is 392 g/mol. The number of nitrogens with two attached hydrogens (primary N) is 1. The molecular weight excluding hydrogens is 368 g/mol. The Bertz CT molecular complexity index is 1090. The lowest BCUT2D eigenvalue weighted by atomic mass is 9.75. The Morgan fingerprint density at radius 3 is 2.79 bits per heavy atom. The van der Waals surface area contributed by atoms with E-state index in [-0.39, 0.29) is 11.2 Å². The van der Waals surface area contributed by atoms with Gasteiger partial charge in [0.25, 0.3) is 5.91 Å². The highest BCUT2D eigenvalue weighted by Crippen LogP contribution is 2.37. The number of fused-ring (bicyclic) bond motifs is 1. The third-order valence-electron chi connectivity index (χ3n) is 5.27. The Kier molecular flexibility index (Phi) is 4.53. The van der Waals surface area contributed by atoms with Crippen LogP contribution in [-0.2, 0) is 13.0 Å². The molecule has 0 fully saturated rings. The van der Waals surface area contributed by atoms with Gasteiger partial charge in [0, 0.05) is 12.1 Å². The van der Waals surface area contributed by atoms with E-state index in [1.165, 1.54) is 0 Å². The smallest absolute Gasteiger partial charge is 0.250 e. The fraction of sp³-hybridized carbons (Fsp3) is 0.318. The zero-order chi connectivity index (χ0) is 20.8. The van der Waals surface area contributed by atoms with E-state index in [4.69, 9.17) is 10.2 Å². The average molecular weight is 392 g/mol. The molecule has 2 heterocycles. The SMILES string of the molecule is Cc1nn(-c2ccc(C(N)=O)c(NCc3ccco3)c2)c2c1C(=O)CC(C)(C)C2. The minimum Gasteiger partial charge on any atom is -0.467 e. The molecule has 1 aliphatic rings. The fourth-order valence-corrected chi connectivity index (χ4v) is 3.97. The molecule has 0 saturated heterocycles. The van der Waals surface area contributed by atoms with Crippen molar-refractivity contribution in [3.8, 4) is 5.69 Å². The van der Waals surface area contributed by atoms with Crippen LogP contribution in [0, 0.1) is 12.3 Å². The molecule has 1 aromatic carbocycles. The number of primary amides is 1.